The lowest BCUT2D eigenvalue weighted by Crippen LogP contribution is -2.56. The number of anilines is 1. The van der Waals surface area contributed by atoms with Crippen LogP contribution in [0.4, 0.5) is 5.95 Å². The number of fused-ring (bicyclic) bond motifs is 1. The predicted molar refractivity (Wildman–Crippen MR) is 114 cm³/mol. The van der Waals surface area contributed by atoms with E-state index < -0.39 is 0 Å². The summed E-state index contributed by atoms with van der Waals surface area (Å²) in [5.41, 5.74) is 2.19. The minimum Gasteiger partial charge on any atom is -0.462 e. The zero-order valence-corrected chi connectivity index (χ0v) is 17.3. The molecular weight excluding hydrogens is 384 g/mol. The van der Waals surface area contributed by atoms with Crippen LogP contribution < -0.4 is 4.90 Å². The van der Waals surface area contributed by atoms with Crippen LogP contribution >= 0.6 is 11.3 Å². The van der Waals surface area contributed by atoms with Crippen LogP contribution in [-0.4, -0.2) is 53.6 Å². The highest BCUT2D eigenvalue weighted by Crippen LogP contribution is 2.41. The van der Waals surface area contributed by atoms with Gasteiger partial charge in [0.05, 0.1) is 12.2 Å². The number of esters is 1. The van der Waals surface area contributed by atoms with Crippen molar-refractivity contribution in [1.29, 1.82) is 0 Å². The van der Waals surface area contributed by atoms with Crippen molar-refractivity contribution in [3.05, 3.63) is 53.2 Å². The van der Waals surface area contributed by atoms with Gasteiger partial charge in [-0.05, 0) is 35.7 Å². The summed E-state index contributed by atoms with van der Waals surface area (Å²) >= 11 is 1.83. The quantitative estimate of drug-likeness (QED) is 0.602. The first-order valence-electron chi connectivity index (χ1n) is 10.1. The first-order chi connectivity index (χ1) is 14.2. The topological polar surface area (TPSA) is 58.6 Å². The van der Waals surface area contributed by atoms with Crippen molar-refractivity contribution < 1.29 is 9.53 Å². The SMILES string of the molecule is CCOC(=O)c1cnc(N2CCC3(CN(Cc4csc5ccccc45)C3)C2)nc1. The molecule has 3 aromatic rings. The molecule has 6 nitrogen and oxygen atoms in total. The Hall–Kier alpha value is -2.51. The Morgan fingerprint density at radius 2 is 2.00 bits per heavy atom. The molecule has 0 bridgehead atoms. The Labute approximate surface area is 174 Å². The molecule has 0 N–H and O–H groups in total. The summed E-state index contributed by atoms with van der Waals surface area (Å²) in [6.45, 7) is 7.35. The van der Waals surface area contributed by atoms with E-state index in [4.69, 9.17) is 4.74 Å². The Balaban J connectivity index is 1.19. The number of hydrogen-bond donors (Lipinski definition) is 0. The normalized spacial score (nSPS) is 18.3. The zero-order valence-electron chi connectivity index (χ0n) is 16.5. The molecule has 0 unspecified atom stereocenters. The average Bonchev–Trinajstić information content (AvgIpc) is 3.34. The molecule has 150 valence electrons. The second-order valence-electron chi connectivity index (χ2n) is 8.07. The fourth-order valence-electron chi connectivity index (χ4n) is 4.58. The molecule has 2 aromatic heterocycles. The number of thiophene rings is 1. The second-order valence-corrected chi connectivity index (χ2v) is 8.98. The zero-order chi connectivity index (χ0) is 19.8. The van der Waals surface area contributed by atoms with Crippen molar-refractivity contribution >= 4 is 33.3 Å². The molecule has 4 heterocycles. The van der Waals surface area contributed by atoms with Gasteiger partial charge in [-0.3, -0.25) is 4.90 Å². The number of nitrogens with zero attached hydrogens (tertiary/aromatic N) is 4. The predicted octanol–water partition coefficient (Wildman–Crippen LogP) is 3.58. The fraction of sp³-hybridized carbons (Fsp3) is 0.409. The van der Waals surface area contributed by atoms with E-state index in [1.54, 1.807) is 19.3 Å². The van der Waals surface area contributed by atoms with Crippen LogP contribution in [0.15, 0.2) is 42.0 Å². The van der Waals surface area contributed by atoms with Gasteiger partial charge in [-0.15, -0.1) is 11.3 Å². The van der Waals surface area contributed by atoms with Gasteiger partial charge in [0, 0.05) is 55.2 Å². The smallest absolute Gasteiger partial charge is 0.341 e. The lowest BCUT2D eigenvalue weighted by Gasteiger charge is -2.48. The number of aromatic nitrogens is 2. The Bertz CT molecular complexity index is 1030. The van der Waals surface area contributed by atoms with E-state index in [-0.39, 0.29) is 5.97 Å². The van der Waals surface area contributed by atoms with Crippen molar-refractivity contribution in [2.24, 2.45) is 5.41 Å². The summed E-state index contributed by atoms with van der Waals surface area (Å²) in [4.78, 5) is 25.4. The van der Waals surface area contributed by atoms with E-state index in [0.717, 1.165) is 39.1 Å². The summed E-state index contributed by atoms with van der Waals surface area (Å²) in [5.74, 6) is 0.338. The molecular formula is C22H24N4O2S. The molecule has 2 aliphatic rings. The Kier molecular flexibility index (Phi) is 4.72. The van der Waals surface area contributed by atoms with Crippen molar-refractivity contribution in [3.63, 3.8) is 0 Å². The molecule has 7 heteroatoms. The van der Waals surface area contributed by atoms with E-state index in [1.807, 2.05) is 11.3 Å². The Morgan fingerprint density at radius 3 is 2.79 bits per heavy atom. The number of carbonyl (C=O) groups excluding carboxylic acids is 1. The van der Waals surface area contributed by atoms with Crippen LogP contribution in [0, 0.1) is 5.41 Å². The molecule has 2 aliphatic heterocycles. The van der Waals surface area contributed by atoms with E-state index in [2.05, 4.69) is 49.4 Å². The van der Waals surface area contributed by atoms with Crippen LogP contribution in [-0.2, 0) is 11.3 Å². The van der Waals surface area contributed by atoms with Gasteiger partial charge >= 0.3 is 5.97 Å². The summed E-state index contributed by atoms with van der Waals surface area (Å²) in [5, 5.41) is 3.69. The van der Waals surface area contributed by atoms with Crippen molar-refractivity contribution in [2.75, 3.05) is 37.7 Å². The number of rotatable bonds is 5. The highest BCUT2D eigenvalue weighted by Gasteiger charge is 2.48. The summed E-state index contributed by atoms with van der Waals surface area (Å²) in [7, 11) is 0. The van der Waals surface area contributed by atoms with Crippen molar-refractivity contribution in [2.45, 2.75) is 19.9 Å². The summed E-state index contributed by atoms with van der Waals surface area (Å²) < 4.78 is 6.37. The summed E-state index contributed by atoms with van der Waals surface area (Å²) in [6, 6.07) is 8.66. The van der Waals surface area contributed by atoms with Crippen LogP contribution in [0.1, 0.15) is 29.3 Å². The van der Waals surface area contributed by atoms with E-state index in [9.17, 15) is 4.79 Å². The van der Waals surface area contributed by atoms with Crippen LogP contribution in [0.5, 0.6) is 0 Å². The van der Waals surface area contributed by atoms with Gasteiger partial charge in [0.15, 0.2) is 0 Å². The summed E-state index contributed by atoms with van der Waals surface area (Å²) in [6.07, 6.45) is 4.30. The van der Waals surface area contributed by atoms with Crippen LogP contribution in [0.25, 0.3) is 10.1 Å². The second kappa shape index (κ2) is 7.39. The molecule has 29 heavy (non-hydrogen) atoms. The maximum Gasteiger partial charge on any atom is 0.341 e. The fourth-order valence-corrected chi connectivity index (χ4v) is 5.53. The van der Waals surface area contributed by atoms with Gasteiger partial charge in [-0.1, -0.05) is 18.2 Å². The maximum absolute atomic E-state index is 11.8. The number of likely N-dealkylation sites (tertiary alicyclic amines) is 1. The van der Waals surface area contributed by atoms with E-state index >= 15 is 0 Å². The highest BCUT2D eigenvalue weighted by atomic mass is 32.1. The number of ether oxygens (including phenoxy) is 1. The third-order valence-corrected chi connectivity index (χ3v) is 6.96. The first-order valence-corrected chi connectivity index (χ1v) is 11.0. The largest absolute Gasteiger partial charge is 0.462 e. The number of carbonyl (C=O) groups is 1. The van der Waals surface area contributed by atoms with Gasteiger partial charge in [-0.2, -0.15) is 0 Å². The molecule has 0 aliphatic carbocycles. The van der Waals surface area contributed by atoms with E-state index in [0.29, 0.717) is 23.5 Å². The Morgan fingerprint density at radius 1 is 1.21 bits per heavy atom. The van der Waals surface area contributed by atoms with Crippen molar-refractivity contribution in [1.82, 2.24) is 14.9 Å². The highest BCUT2D eigenvalue weighted by molar-refractivity contribution is 7.17. The molecule has 2 fully saturated rings. The minimum absolute atomic E-state index is 0.342. The molecule has 5 rings (SSSR count). The molecule has 0 amide bonds. The van der Waals surface area contributed by atoms with E-state index in [1.165, 1.54) is 15.6 Å². The lowest BCUT2D eigenvalue weighted by molar-refractivity contribution is 0.0120. The maximum atomic E-state index is 11.8. The third-order valence-electron chi connectivity index (χ3n) is 5.94. The van der Waals surface area contributed by atoms with Gasteiger partial charge in [-0.25, -0.2) is 14.8 Å². The van der Waals surface area contributed by atoms with Gasteiger partial charge in [0.25, 0.3) is 0 Å². The molecule has 0 radical (unpaired) electrons. The average molecular weight is 409 g/mol. The monoisotopic (exact) mass is 408 g/mol. The van der Waals surface area contributed by atoms with Crippen LogP contribution in [0.2, 0.25) is 0 Å². The first kappa shape index (κ1) is 18.5. The standard InChI is InChI=1S/C22H24N4O2S/c1-2-28-20(27)16-9-23-21(24-10-16)26-8-7-22(15-26)13-25(14-22)11-17-12-29-19-6-4-3-5-18(17)19/h3-6,9-10,12H,2,7-8,11,13-15H2,1H3. The molecule has 0 saturated carbocycles. The number of benzene rings is 1. The molecule has 1 aromatic carbocycles. The van der Waals surface area contributed by atoms with Crippen LogP contribution in [0.3, 0.4) is 0 Å². The molecule has 1 spiro atoms. The van der Waals surface area contributed by atoms with Gasteiger partial charge in [0.1, 0.15) is 0 Å². The number of hydrogen-bond acceptors (Lipinski definition) is 7. The third kappa shape index (κ3) is 3.49. The van der Waals surface area contributed by atoms with Crippen molar-refractivity contribution in [3.8, 4) is 0 Å². The molecule has 2 saturated heterocycles. The van der Waals surface area contributed by atoms with Gasteiger partial charge < -0.3 is 9.64 Å². The minimum atomic E-state index is -0.368. The lowest BCUT2D eigenvalue weighted by atomic mass is 9.79. The van der Waals surface area contributed by atoms with Gasteiger partial charge in [0.2, 0.25) is 5.95 Å². The molecule has 0 atom stereocenters.